The summed E-state index contributed by atoms with van der Waals surface area (Å²) in [6.07, 6.45) is -9.88. The van der Waals surface area contributed by atoms with Gasteiger partial charge in [0.2, 0.25) is 5.82 Å². The molecule has 0 N–H and O–H groups in total. The number of anilines is 1. The molecule has 1 aromatic carbocycles. The highest BCUT2D eigenvalue weighted by molar-refractivity contribution is 7.92. The predicted octanol–water partition coefficient (Wildman–Crippen LogP) is 3.44. The molecule has 1 aliphatic heterocycles. The Kier molecular flexibility index (Phi) is 5.40. The van der Waals surface area contributed by atoms with Crippen LogP contribution in [0.2, 0.25) is 0 Å². The second-order valence-electron chi connectivity index (χ2n) is 6.44. The fraction of sp³-hybridized carbons (Fsp3) is 0.353. The van der Waals surface area contributed by atoms with Gasteiger partial charge in [0.1, 0.15) is 11.9 Å². The highest BCUT2D eigenvalue weighted by atomic mass is 32.2. The number of nitriles is 1. The number of nitrogens with zero attached hydrogens (tertiary/aromatic N) is 4. The van der Waals surface area contributed by atoms with Crippen LogP contribution in [-0.4, -0.2) is 36.7 Å². The van der Waals surface area contributed by atoms with Gasteiger partial charge in [-0.05, 0) is 18.6 Å². The lowest BCUT2D eigenvalue weighted by Crippen LogP contribution is -2.29. The van der Waals surface area contributed by atoms with Crippen molar-refractivity contribution in [3.63, 3.8) is 0 Å². The maximum Gasteiger partial charge on any atom is 0.433 e. The fourth-order valence-electron chi connectivity index (χ4n) is 3.11. The van der Waals surface area contributed by atoms with Crippen LogP contribution in [0.3, 0.4) is 0 Å². The average Bonchev–Trinajstić information content (AvgIpc) is 3.17. The maximum atomic E-state index is 13.2. The molecule has 160 valence electrons. The van der Waals surface area contributed by atoms with Crippen molar-refractivity contribution in [2.75, 3.05) is 18.0 Å². The quantitative estimate of drug-likeness (QED) is 0.666. The zero-order chi connectivity index (χ0) is 22.3. The third-order valence-electron chi connectivity index (χ3n) is 4.51. The van der Waals surface area contributed by atoms with Crippen LogP contribution in [-0.2, 0) is 22.2 Å². The smallest absolute Gasteiger partial charge is 0.355 e. The van der Waals surface area contributed by atoms with E-state index in [2.05, 4.69) is 9.97 Å². The number of hydrogen-bond acceptors (Lipinski definition) is 6. The number of hydrogen-bond donors (Lipinski definition) is 0. The van der Waals surface area contributed by atoms with Gasteiger partial charge < -0.3 is 4.90 Å². The van der Waals surface area contributed by atoms with Crippen molar-refractivity contribution in [3.05, 3.63) is 47.4 Å². The average molecular weight is 450 g/mol. The zero-order valence-electron chi connectivity index (χ0n) is 14.9. The minimum Gasteiger partial charge on any atom is -0.355 e. The Balaban J connectivity index is 1.94. The van der Waals surface area contributed by atoms with E-state index in [-0.39, 0.29) is 25.3 Å². The Hall–Kier alpha value is -2.88. The van der Waals surface area contributed by atoms with Gasteiger partial charge in [0.15, 0.2) is 15.5 Å². The standard InChI is InChI=1S/C17H12F6N4O2S/c18-16(19,20)11-3-1-2-4-12(11)30(28,29)10-5-6-27(9-10)15-7-13(17(21,22)23)25-14(8-24)26-15/h1-4,7,10H,5-6,9H2. The molecule has 30 heavy (non-hydrogen) atoms. The van der Waals surface area contributed by atoms with Crippen LogP contribution in [0.15, 0.2) is 35.2 Å². The SMILES string of the molecule is N#Cc1nc(N2CCC(S(=O)(=O)c3ccccc3C(F)(F)F)C2)cc(C(F)(F)F)n1. The van der Waals surface area contributed by atoms with Gasteiger partial charge in [-0.3, -0.25) is 0 Å². The molecule has 0 amide bonds. The summed E-state index contributed by atoms with van der Waals surface area (Å²) in [5.41, 5.74) is -2.69. The van der Waals surface area contributed by atoms with Crippen molar-refractivity contribution in [2.24, 2.45) is 0 Å². The van der Waals surface area contributed by atoms with Crippen molar-refractivity contribution in [1.82, 2.24) is 9.97 Å². The first kappa shape index (κ1) is 21.8. The Morgan fingerprint density at radius 3 is 2.33 bits per heavy atom. The van der Waals surface area contributed by atoms with E-state index in [1.54, 1.807) is 0 Å². The first-order valence-corrected chi connectivity index (χ1v) is 9.90. The molecule has 1 fully saturated rings. The molecular formula is C17H12F6N4O2S. The predicted molar refractivity (Wildman–Crippen MR) is 91.0 cm³/mol. The molecule has 13 heteroatoms. The number of sulfone groups is 1. The molecular weight excluding hydrogens is 438 g/mol. The number of halogens is 6. The maximum absolute atomic E-state index is 13.2. The van der Waals surface area contributed by atoms with E-state index in [0.717, 1.165) is 18.2 Å². The van der Waals surface area contributed by atoms with Crippen LogP contribution in [0, 0.1) is 11.3 Å². The summed E-state index contributed by atoms with van der Waals surface area (Å²) in [6.45, 7) is -0.453. The second kappa shape index (κ2) is 7.42. The molecule has 1 aromatic heterocycles. The van der Waals surface area contributed by atoms with Crippen molar-refractivity contribution >= 4 is 15.7 Å². The fourth-order valence-corrected chi connectivity index (χ4v) is 5.02. The van der Waals surface area contributed by atoms with Gasteiger partial charge in [-0.25, -0.2) is 18.4 Å². The summed E-state index contributed by atoms with van der Waals surface area (Å²) in [6, 6.07) is 5.69. The molecule has 0 saturated carbocycles. The highest BCUT2D eigenvalue weighted by Gasteiger charge is 2.42. The number of benzene rings is 1. The minimum atomic E-state index is -4.89. The Morgan fingerprint density at radius 1 is 1.07 bits per heavy atom. The number of alkyl halides is 6. The highest BCUT2D eigenvalue weighted by Crippen LogP contribution is 2.37. The first-order valence-electron chi connectivity index (χ1n) is 8.35. The van der Waals surface area contributed by atoms with Crippen LogP contribution in [0.1, 0.15) is 23.5 Å². The second-order valence-corrected chi connectivity index (χ2v) is 8.64. The van der Waals surface area contributed by atoms with Crippen molar-refractivity contribution in [1.29, 1.82) is 5.26 Å². The van der Waals surface area contributed by atoms with Gasteiger partial charge in [-0.1, -0.05) is 12.1 Å². The molecule has 0 aliphatic carbocycles. The summed E-state index contributed by atoms with van der Waals surface area (Å²) in [4.78, 5) is 7.04. The molecule has 2 heterocycles. The molecule has 1 aliphatic rings. The van der Waals surface area contributed by atoms with Gasteiger partial charge in [-0.2, -0.15) is 31.6 Å². The molecule has 1 unspecified atom stereocenters. The zero-order valence-corrected chi connectivity index (χ0v) is 15.7. The van der Waals surface area contributed by atoms with Crippen LogP contribution in [0.4, 0.5) is 32.2 Å². The summed E-state index contributed by atoms with van der Waals surface area (Å²) in [5, 5.41) is 7.57. The third kappa shape index (κ3) is 4.18. The third-order valence-corrected chi connectivity index (χ3v) is 6.74. The van der Waals surface area contributed by atoms with E-state index >= 15 is 0 Å². The first-order chi connectivity index (χ1) is 13.8. The van der Waals surface area contributed by atoms with E-state index in [4.69, 9.17) is 5.26 Å². The monoisotopic (exact) mass is 450 g/mol. The molecule has 2 aromatic rings. The van der Waals surface area contributed by atoms with Gasteiger partial charge in [0.05, 0.1) is 15.7 Å². The van der Waals surface area contributed by atoms with Gasteiger partial charge >= 0.3 is 12.4 Å². The lowest BCUT2D eigenvalue weighted by Gasteiger charge is -2.20. The lowest BCUT2D eigenvalue weighted by atomic mass is 10.2. The molecule has 0 bridgehead atoms. The molecule has 1 saturated heterocycles. The molecule has 0 spiro atoms. The summed E-state index contributed by atoms with van der Waals surface area (Å²) in [7, 11) is -4.44. The van der Waals surface area contributed by atoms with Crippen LogP contribution in [0.5, 0.6) is 0 Å². The van der Waals surface area contributed by atoms with Gasteiger partial charge in [0, 0.05) is 19.2 Å². The summed E-state index contributed by atoms with van der Waals surface area (Å²) < 4.78 is 104. The van der Waals surface area contributed by atoms with Crippen molar-refractivity contribution in [2.45, 2.75) is 28.9 Å². The summed E-state index contributed by atoms with van der Waals surface area (Å²) in [5.74, 6) is -1.08. The Bertz CT molecular complexity index is 1110. The minimum absolute atomic E-state index is 0.0722. The van der Waals surface area contributed by atoms with Gasteiger partial charge in [0.25, 0.3) is 0 Å². The lowest BCUT2D eigenvalue weighted by molar-refractivity contribution is -0.141. The molecule has 6 nitrogen and oxygen atoms in total. The number of aromatic nitrogens is 2. The summed E-state index contributed by atoms with van der Waals surface area (Å²) >= 11 is 0. The van der Waals surface area contributed by atoms with E-state index in [1.165, 1.54) is 11.0 Å². The normalized spacial score (nSPS) is 17.8. The van der Waals surface area contributed by atoms with Crippen molar-refractivity contribution < 1.29 is 34.8 Å². The van der Waals surface area contributed by atoms with Crippen LogP contribution >= 0.6 is 0 Å². The van der Waals surface area contributed by atoms with E-state index in [1.807, 2.05) is 0 Å². The van der Waals surface area contributed by atoms with E-state index in [0.29, 0.717) is 12.1 Å². The molecule has 1 atom stereocenters. The molecule has 0 radical (unpaired) electrons. The van der Waals surface area contributed by atoms with Crippen LogP contribution < -0.4 is 4.90 Å². The molecule has 3 rings (SSSR count). The van der Waals surface area contributed by atoms with Gasteiger partial charge in [-0.15, -0.1) is 0 Å². The van der Waals surface area contributed by atoms with Crippen molar-refractivity contribution in [3.8, 4) is 6.07 Å². The van der Waals surface area contributed by atoms with E-state index < -0.39 is 49.4 Å². The topological polar surface area (TPSA) is 87.0 Å². The largest absolute Gasteiger partial charge is 0.433 e. The van der Waals surface area contributed by atoms with E-state index in [9.17, 15) is 34.8 Å². The Labute approximate surface area is 166 Å². The van der Waals surface area contributed by atoms with Crippen LogP contribution in [0.25, 0.3) is 0 Å². The number of rotatable bonds is 3. The Morgan fingerprint density at radius 2 is 1.73 bits per heavy atom.